The van der Waals surface area contributed by atoms with Crippen LogP contribution in [0.2, 0.25) is 0 Å². The highest BCUT2D eigenvalue weighted by Crippen LogP contribution is 2.41. The highest BCUT2D eigenvalue weighted by atomic mass is 16.5. The zero-order valence-electron chi connectivity index (χ0n) is 12.1. The van der Waals surface area contributed by atoms with E-state index in [0.29, 0.717) is 16.9 Å². The van der Waals surface area contributed by atoms with Crippen LogP contribution in [0.3, 0.4) is 0 Å². The lowest BCUT2D eigenvalue weighted by Crippen LogP contribution is -2.49. The Kier molecular flexibility index (Phi) is 3.28. The smallest absolute Gasteiger partial charge is 0.256 e. The fraction of sp³-hybridized carbons (Fsp3) is 0.105. The first-order chi connectivity index (χ1) is 10.6. The lowest BCUT2D eigenvalue weighted by Gasteiger charge is -2.36. The van der Waals surface area contributed by atoms with E-state index in [9.17, 15) is 9.59 Å². The van der Waals surface area contributed by atoms with E-state index < -0.39 is 17.2 Å². The Labute approximate surface area is 128 Å². The Morgan fingerprint density at radius 2 is 1.68 bits per heavy atom. The second-order valence-corrected chi connectivity index (χ2v) is 5.11. The Balaban J connectivity index is 2.31. The van der Waals surface area contributed by atoms with Gasteiger partial charge in [0.25, 0.3) is 5.78 Å². The fourth-order valence-electron chi connectivity index (χ4n) is 2.69. The van der Waals surface area contributed by atoms with Crippen LogP contribution in [0.5, 0.6) is 5.75 Å². The molecule has 0 spiro atoms. The summed E-state index contributed by atoms with van der Waals surface area (Å²) in [6.45, 7) is 5.31. The average Bonchev–Trinajstić information content (AvgIpc) is 2.58. The molecule has 0 fully saturated rings. The molecule has 0 saturated heterocycles. The van der Waals surface area contributed by atoms with Crippen molar-refractivity contribution in [1.82, 2.24) is 0 Å². The van der Waals surface area contributed by atoms with Crippen LogP contribution >= 0.6 is 0 Å². The minimum atomic E-state index is -1.49. The quantitative estimate of drug-likeness (QED) is 0.628. The molecule has 3 nitrogen and oxygen atoms in total. The first-order valence-electron chi connectivity index (χ1n) is 6.91. The van der Waals surface area contributed by atoms with Crippen molar-refractivity contribution < 1.29 is 14.3 Å². The Hall–Kier alpha value is -2.90. The predicted octanol–water partition coefficient (Wildman–Crippen LogP) is 3.46. The minimum absolute atomic E-state index is 0.288. The van der Waals surface area contributed by atoms with Gasteiger partial charge in [-0.05, 0) is 19.1 Å². The lowest BCUT2D eigenvalue weighted by atomic mass is 9.78. The van der Waals surface area contributed by atoms with Gasteiger partial charge in [0, 0.05) is 11.1 Å². The van der Waals surface area contributed by atoms with E-state index in [-0.39, 0.29) is 5.56 Å². The van der Waals surface area contributed by atoms with E-state index >= 15 is 0 Å². The number of carbonyl (C=O) groups excluding carboxylic acids is 2. The van der Waals surface area contributed by atoms with Gasteiger partial charge in [0.15, 0.2) is 0 Å². The van der Waals surface area contributed by atoms with Gasteiger partial charge >= 0.3 is 0 Å². The summed E-state index contributed by atoms with van der Waals surface area (Å²) < 4.78 is 6.03. The highest BCUT2D eigenvalue weighted by Gasteiger charge is 2.51. The van der Waals surface area contributed by atoms with E-state index in [1.807, 2.05) is 6.07 Å². The zero-order chi connectivity index (χ0) is 15.7. The van der Waals surface area contributed by atoms with Crippen molar-refractivity contribution in [2.24, 2.45) is 0 Å². The van der Waals surface area contributed by atoms with Crippen LogP contribution in [-0.4, -0.2) is 11.6 Å². The van der Waals surface area contributed by atoms with Crippen LogP contribution in [0.4, 0.5) is 0 Å². The van der Waals surface area contributed by atoms with Gasteiger partial charge in [0.1, 0.15) is 5.75 Å². The van der Waals surface area contributed by atoms with Crippen molar-refractivity contribution in [3.63, 3.8) is 0 Å². The van der Waals surface area contributed by atoms with Crippen LogP contribution in [-0.2, 0) is 10.4 Å². The largest absolute Gasteiger partial charge is 0.468 e. The fourth-order valence-corrected chi connectivity index (χ4v) is 2.69. The summed E-state index contributed by atoms with van der Waals surface area (Å²) >= 11 is 0. The number of fused-ring (bicyclic) bond motifs is 1. The molecule has 22 heavy (non-hydrogen) atoms. The van der Waals surface area contributed by atoms with Crippen molar-refractivity contribution in [2.75, 3.05) is 0 Å². The molecular formula is C19H14O3. The number of ether oxygens (including phenoxy) is 1. The van der Waals surface area contributed by atoms with Crippen LogP contribution in [0.15, 0.2) is 72.5 Å². The Morgan fingerprint density at radius 3 is 2.36 bits per heavy atom. The maximum atomic E-state index is 12.8. The van der Waals surface area contributed by atoms with Crippen molar-refractivity contribution in [3.05, 3.63) is 83.6 Å². The second-order valence-electron chi connectivity index (χ2n) is 5.11. The van der Waals surface area contributed by atoms with Crippen molar-refractivity contribution >= 4 is 11.6 Å². The molecule has 0 aliphatic carbocycles. The molecule has 0 saturated carbocycles. The molecule has 3 heteroatoms. The van der Waals surface area contributed by atoms with Gasteiger partial charge in [-0.25, -0.2) is 0 Å². The standard InChI is InChI=1S/C19H14O3/c1-3-13(2)19(14-9-5-4-6-10-14)18(21)17(20)15-11-7-8-12-16(15)22-19/h4-12H,1H2,2H3. The maximum Gasteiger partial charge on any atom is 0.256 e. The SMILES string of the molecule is C=C=C(C)C1(c2ccccc2)Oc2ccccc2C(=O)C1=O. The van der Waals surface area contributed by atoms with Crippen LogP contribution in [0.1, 0.15) is 22.8 Å². The van der Waals surface area contributed by atoms with Gasteiger partial charge in [-0.2, -0.15) is 0 Å². The predicted molar refractivity (Wildman–Crippen MR) is 82.9 cm³/mol. The number of para-hydroxylation sites is 1. The molecule has 2 aromatic rings. The van der Waals surface area contributed by atoms with Crippen LogP contribution < -0.4 is 4.74 Å². The molecule has 1 heterocycles. The molecule has 2 aromatic carbocycles. The topological polar surface area (TPSA) is 43.4 Å². The van der Waals surface area contributed by atoms with E-state index in [1.165, 1.54) is 0 Å². The zero-order valence-corrected chi connectivity index (χ0v) is 12.1. The van der Waals surface area contributed by atoms with Gasteiger partial charge < -0.3 is 4.74 Å². The molecule has 0 radical (unpaired) electrons. The van der Waals surface area contributed by atoms with Crippen molar-refractivity contribution in [1.29, 1.82) is 0 Å². The Morgan fingerprint density at radius 1 is 1.05 bits per heavy atom. The number of ketones is 2. The average molecular weight is 290 g/mol. The molecule has 0 bridgehead atoms. The molecule has 0 N–H and O–H groups in total. The highest BCUT2D eigenvalue weighted by molar-refractivity contribution is 6.48. The van der Waals surface area contributed by atoms with Gasteiger partial charge in [0.2, 0.25) is 11.4 Å². The maximum absolute atomic E-state index is 12.8. The molecule has 0 amide bonds. The molecule has 1 aliphatic heterocycles. The van der Waals surface area contributed by atoms with E-state index in [1.54, 1.807) is 55.5 Å². The summed E-state index contributed by atoms with van der Waals surface area (Å²) in [5, 5.41) is 0. The molecular weight excluding hydrogens is 276 g/mol. The minimum Gasteiger partial charge on any atom is -0.468 e. The molecule has 108 valence electrons. The Bertz CT molecular complexity index is 814. The third-order valence-corrected chi connectivity index (χ3v) is 3.89. The summed E-state index contributed by atoms with van der Waals surface area (Å²) in [6, 6.07) is 15.7. The van der Waals surface area contributed by atoms with Gasteiger partial charge in [-0.15, -0.1) is 5.73 Å². The monoisotopic (exact) mass is 290 g/mol. The third kappa shape index (κ3) is 1.84. The van der Waals surface area contributed by atoms with Gasteiger partial charge in [-0.3, -0.25) is 9.59 Å². The first kappa shape index (κ1) is 14.1. The lowest BCUT2D eigenvalue weighted by molar-refractivity contribution is -0.128. The molecule has 1 atom stereocenters. The van der Waals surface area contributed by atoms with E-state index in [0.717, 1.165) is 0 Å². The second kappa shape index (κ2) is 5.14. The normalized spacial score (nSPS) is 19.9. The number of rotatable bonds is 2. The molecule has 1 unspecified atom stereocenters. The molecule has 1 aliphatic rings. The summed E-state index contributed by atoms with van der Waals surface area (Å²) in [6.07, 6.45) is 0. The van der Waals surface area contributed by atoms with E-state index in [2.05, 4.69) is 12.3 Å². The number of hydrogen-bond donors (Lipinski definition) is 0. The molecule has 3 rings (SSSR count). The van der Waals surface area contributed by atoms with Crippen molar-refractivity contribution in [3.8, 4) is 5.75 Å². The number of benzene rings is 2. The first-order valence-corrected chi connectivity index (χ1v) is 6.91. The molecule has 0 aromatic heterocycles. The number of hydrogen-bond acceptors (Lipinski definition) is 3. The summed E-state index contributed by atoms with van der Waals surface area (Å²) in [5.74, 6) is -0.781. The number of carbonyl (C=O) groups is 2. The number of Topliss-reactive ketones (excluding diaryl/α,β-unsaturated/α-hetero) is 2. The van der Waals surface area contributed by atoms with Gasteiger partial charge in [0.05, 0.1) is 5.56 Å². The van der Waals surface area contributed by atoms with Crippen LogP contribution in [0, 0.1) is 0 Å². The summed E-state index contributed by atoms with van der Waals surface area (Å²) in [4.78, 5) is 25.4. The third-order valence-electron chi connectivity index (χ3n) is 3.89. The van der Waals surface area contributed by atoms with E-state index in [4.69, 9.17) is 4.74 Å². The van der Waals surface area contributed by atoms with Crippen molar-refractivity contribution in [2.45, 2.75) is 12.5 Å². The summed E-state index contributed by atoms with van der Waals surface area (Å²) in [5.41, 5.74) is 2.58. The summed E-state index contributed by atoms with van der Waals surface area (Å²) in [7, 11) is 0. The van der Waals surface area contributed by atoms with Crippen LogP contribution in [0.25, 0.3) is 0 Å². The van der Waals surface area contributed by atoms with Gasteiger partial charge in [-0.1, -0.05) is 49.0 Å².